The number of carbonyl (C=O) groups excluding carboxylic acids is 1. The first-order valence-corrected chi connectivity index (χ1v) is 13.3. The van der Waals surface area contributed by atoms with Crippen molar-refractivity contribution in [3.05, 3.63) is 108 Å². The van der Waals surface area contributed by atoms with Crippen molar-refractivity contribution in [2.45, 2.75) is 11.3 Å². The Hall–Kier alpha value is -4.50. The number of amides is 1. The summed E-state index contributed by atoms with van der Waals surface area (Å²) in [5, 5.41) is 2.85. The molecule has 0 saturated heterocycles. The molecule has 0 heterocycles. The van der Waals surface area contributed by atoms with Gasteiger partial charge in [-0.3, -0.25) is 9.52 Å². The summed E-state index contributed by atoms with van der Waals surface area (Å²) in [6, 6.07) is 27.3. The van der Waals surface area contributed by atoms with Crippen LogP contribution in [-0.2, 0) is 16.4 Å². The Balaban J connectivity index is 1.41. The predicted molar refractivity (Wildman–Crippen MR) is 146 cm³/mol. The van der Waals surface area contributed by atoms with Gasteiger partial charge < -0.3 is 19.5 Å². The Labute approximate surface area is 222 Å². The van der Waals surface area contributed by atoms with E-state index in [4.69, 9.17) is 14.2 Å². The van der Waals surface area contributed by atoms with Crippen LogP contribution >= 0.6 is 0 Å². The molecule has 0 aromatic heterocycles. The van der Waals surface area contributed by atoms with Gasteiger partial charge in [0.05, 0.1) is 30.4 Å². The van der Waals surface area contributed by atoms with Gasteiger partial charge >= 0.3 is 0 Å². The summed E-state index contributed by atoms with van der Waals surface area (Å²) >= 11 is 0. The minimum atomic E-state index is -3.95. The second-order valence-electron chi connectivity index (χ2n) is 8.23. The number of benzene rings is 4. The third kappa shape index (κ3) is 6.63. The van der Waals surface area contributed by atoms with E-state index in [2.05, 4.69) is 10.0 Å². The van der Waals surface area contributed by atoms with Crippen LogP contribution in [0.1, 0.15) is 15.9 Å². The monoisotopic (exact) mass is 532 g/mol. The van der Waals surface area contributed by atoms with E-state index in [0.29, 0.717) is 36.0 Å². The molecule has 0 radical (unpaired) electrons. The van der Waals surface area contributed by atoms with Gasteiger partial charge in [-0.25, -0.2) is 8.42 Å². The number of hydrogen-bond donors (Lipinski definition) is 2. The summed E-state index contributed by atoms with van der Waals surface area (Å²) in [6.45, 7) is 0.346. The SMILES string of the molecule is COc1ccc(CCNC(=O)c2ccccc2NS(=O)(=O)c2ccc(Oc3ccccc3)cc2)cc1OC. The topological polar surface area (TPSA) is 103 Å². The average Bonchev–Trinajstić information content (AvgIpc) is 2.94. The van der Waals surface area contributed by atoms with E-state index in [1.165, 1.54) is 12.1 Å². The molecule has 196 valence electrons. The zero-order chi connectivity index (χ0) is 27.0. The number of ether oxygens (including phenoxy) is 3. The lowest BCUT2D eigenvalue weighted by Gasteiger charge is -2.14. The molecule has 0 aliphatic heterocycles. The Bertz CT molecular complexity index is 1490. The highest BCUT2D eigenvalue weighted by molar-refractivity contribution is 7.92. The fourth-order valence-electron chi connectivity index (χ4n) is 3.74. The zero-order valence-electron chi connectivity index (χ0n) is 21.0. The smallest absolute Gasteiger partial charge is 0.261 e. The second kappa shape index (κ2) is 12.2. The van der Waals surface area contributed by atoms with E-state index in [1.54, 1.807) is 56.7 Å². The molecule has 4 aromatic rings. The lowest BCUT2D eigenvalue weighted by atomic mass is 10.1. The third-order valence-electron chi connectivity index (χ3n) is 5.68. The van der Waals surface area contributed by atoms with E-state index in [-0.39, 0.29) is 16.1 Å². The van der Waals surface area contributed by atoms with Crippen LogP contribution in [0.5, 0.6) is 23.0 Å². The number of rotatable bonds is 11. The summed E-state index contributed by atoms with van der Waals surface area (Å²) in [7, 11) is -0.816. The van der Waals surface area contributed by atoms with Gasteiger partial charge in [-0.1, -0.05) is 36.4 Å². The number of para-hydroxylation sites is 2. The van der Waals surface area contributed by atoms with Crippen molar-refractivity contribution in [1.29, 1.82) is 0 Å². The highest BCUT2D eigenvalue weighted by atomic mass is 32.2. The van der Waals surface area contributed by atoms with Crippen LogP contribution in [0.4, 0.5) is 5.69 Å². The molecule has 38 heavy (non-hydrogen) atoms. The van der Waals surface area contributed by atoms with E-state index in [1.807, 2.05) is 42.5 Å². The number of anilines is 1. The highest BCUT2D eigenvalue weighted by Gasteiger charge is 2.19. The minimum absolute atomic E-state index is 0.0431. The third-order valence-corrected chi connectivity index (χ3v) is 7.06. The van der Waals surface area contributed by atoms with Crippen molar-refractivity contribution in [2.24, 2.45) is 0 Å². The fourth-order valence-corrected chi connectivity index (χ4v) is 4.82. The fraction of sp³-hybridized carbons (Fsp3) is 0.138. The summed E-state index contributed by atoms with van der Waals surface area (Å²) < 4.78 is 44.9. The molecule has 4 rings (SSSR count). The highest BCUT2D eigenvalue weighted by Crippen LogP contribution is 2.28. The molecule has 2 N–H and O–H groups in total. The number of hydrogen-bond acceptors (Lipinski definition) is 6. The first-order chi connectivity index (χ1) is 18.4. The molecule has 0 saturated carbocycles. The molecule has 4 aromatic carbocycles. The van der Waals surface area contributed by atoms with Gasteiger partial charge in [0, 0.05) is 6.54 Å². The van der Waals surface area contributed by atoms with Gasteiger partial charge in [-0.2, -0.15) is 0 Å². The Morgan fingerprint density at radius 3 is 2.13 bits per heavy atom. The summed E-state index contributed by atoms with van der Waals surface area (Å²) in [5.74, 6) is 1.99. The number of sulfonamides is 1. The van der Waals surface area contributed by atoms with Gasteiger partial charge in [0.25, 0.3) is 15.9 Å². The lowest BCUT2D eigenvalue weighted by Crippen LogP contribution is -2.27. The Morgan fingerprint density at radius 1 is 0.763 bits per heavy atom. The van der Waals surface area contributed by atoms with E-state index < -0.39 is 15.9 Å². The summed E-state index contributed by atoms with van der Waals surface area (Å²) in [4.78, 5) is 13.0. The van der Waals surface area contributed by atoms with Crippen LogP contribution in [0.25, 0.3) is 0 Å². The summed E-state index contributed by atoms with van der Waals surface area (Å²) in [6.07, 6.45) is 0.553. The second-order valence-corrected chi connectivity index (χ2v) is 9.92. The van der Waals surface area contributed by atoms with Crippen molar-refractivity contribution in [1.82, 2.24) is 5.32 Å². The van der Waals surface area contributed by atoms with Gasteiger partial charge in [-0.15, -0.1) is 0 Å². The normalized spacial score (nSPS) is 10.9. The maximum atomic E-state index is 13.1. The molecule has 8 nitrogen and oxygen atoms in total. The van der Waals surface area contributed by atoms with Crippen LogP contribution in [0.2, 0.25) is 0 Å². The first-order valence-electron chi connectivity index (χ1n) is 11.8. The maximum Gasteiger partial charge on any atom is 0.261 e. The van der Waals surface area contributed by atoms with Crippen LogP contribution in [-0.4, -0.2) is 35.1 Å². The largest absolute Gasteiger partial charge is 0.493 e. The van der Waals surface area contributed by atoms with Gasteiger partial charge in [0.2, 0.25) is 0 Å². The van der Waals surface area contributed by atoms with Crippen molar-refractivity contribution >= 4 is 21.6 Å². The molecule has 0 atom stereocenters. The molecule has 0 bridgehead atoms. The number of carbonyl (C=O) groups is 1. The standard InChI is InChI=1S/C29H28N2O6S/c1-35-27-17-12-21(20-28(27)36-2)18-19-30-29(32)25-10-6-7-11-26(25)31-38(33,34)24-15-13-23(14-16-24)37-22-8-4-3-5-9-22/h3-17,20,31H,18-19H2,1-2H3,(H,30,32). The molecule has 0 spiro atoms. The molecule has 9 heteroatoms. The lowest BCUT2D eigenvalue weighted by molar-refractivity contribution is 0.0955. The van der Waals surface area contributed by atoms with E-state index >= 15 is 0 Å². The maximum absolute atomic E-state index is 13.1. The zero-order valence-corrected chi connectivity index (χ0v) is 21.8. The minimum Gasteiger partial charge on any atom is -0.493 e. The van der Waals surface area contributed by atoms with Crippen LogP contribution in [0.3, 0.4) is 0 Å². The van der Waals surface area contributed by atoms with Gasteiger partial charge in [-0.05, 0) is 72.6 Å². The predicted octanol–water partition coefficient (Wildman–Crippen LogP) is 5.27. The quantitative estimate of drug-likeness (QED) is 0.273. The Morgan fingerprint density at radius 2 is 1.42 bits per heavy atom. The van der Waals surface area contributed by atoms with Crippen molar-refractivity contribution in [3.8, 4) is 23.0 Å². The Kier molecular flexibility index (Phi) is 8.50. The molecule has 0 unspecified atom stereocenters. The van der Waals surface area contributed by atoms with Crippen LogP contribution < -0.4 is 24.2 Å². The molecular weight excluding hydrogens is 504 g/mol. The average molecular weight is 533 g/mol. The number of nitrogens with one attached hydrogen (secondary N) is 2. The van der Waals surface area contributed by atoms with Crippen LogP contribution in [0.15, 0.2) is 102 Å². The number of methoxy groups -OCH3 is 2. The van der Waals surface area contributed by atoms with Crippen molar-refractivity contribution < 1.29 is 27.4 Å². The molecule has 1 amide bonds. The molecule has 0 aliphatic rings. The van der Waals surface area contributed by atoms with E-state index in [9.17, 15) is 13.2 Å². The van der Waals surface area contributed by atoms with E-state index in [0.717, 1.165) is 5.56 Å². The van der Waals surface area contributed by atoms with Crippen LogP contribution in [0, 0.1) is 0 Å². The van der Waals surface area contributed by atoms with Crippen molar-refractivity contribution in [2.75, 3.05) is 25.5 Å². The van der Waals surface area contributed by atoms with Gasteiger partial charge in [0.15, 0.2) is 11.5 Å². The van der Waals surface area contributed by atoms with Crippen molar-refractivity contribution in [3.63, 3.8) is 0 Å². The molecule has 0 fully saturated rings. The molecular formula is C29H28N2O6S. The first kappa shape index (κ1) is 26.6. The van der Waals surface area contributed by atoms with Gasteiger partial charge in [0.1, 0.15) is 11.5 Å². The summed E-state index contributed by atoms with van der Waals surface area (Å²) in [5.41, 5.74) is 1.35. The molecule has 0 aliphatic carbocycles.